The molecule has 132 valence electrons. The van der Waals surface area contributed by atoms with Crippen molar-refractivity contribution in [3.63, 3.8) is 0 Å². The van der Waals surface area contributed by atoms with Crippen LogP contribution in [0.5, 0.6) is 0 Å². The number of alkyl halides is 1. The highest BCUT2D eigenvalue weighted by atomic mass is 35.5. The van der Waals surface area contributed by atoms with Gasteiger partial charge in [0.25, 0.3) is 0 Å². The molecule has 6 rings (SSSR count). The molecule has 4 fully saturated rings. The number of fused-ring (bicyclic) bond motifs is 1. The number of nitrogens with zero attached hydrogens (tertiary/aromatic N) is 1. The zero-order valence-corrected chi connectivity index (χ0v) is 16.6. The molecule has 6 heteroatoms. The van der Waals surface area contributed by atoms with E-state index in [1.807, 2.05) is 18.4 Å². The molecular weight excluding hydrogens is 372 g/mol. The Morgan fingerprint density at radius 3 is 2.76 bits per heavy atom. The summed E-state index contributed by atoms with van der Waals surface area (Å²) in [5, 5.41) is 3.21. The lowest BCUT2D eigenvalue weighted by Crippen LogP contribution is -2.57. The molecule has 4 aliphatic carbocycles. The van der Waals surface area contributed by atoms with Crippen LogP contribution in [0.3, 0.4) is 0 Å². The first kappa shape index (κ1) is 16.4. The molecule has 3 nitrogen and oxygen atoms in total. The van der Waals surface area contributed by atoms with Crippen LogP contribution in [0, 0.1) is 17.3 Å². The summed E-state index contributed by atoms with van der Waals surface area (Å²) in [6.45, 7) is 0. The first-order valence-corrected chi connectivity index (χ1v) is 11.3. The molecular formula is C19H21ClN2OS2. The number of carbonyl (C=O) groups is 1. The summed E-state index contributed by atoms with van der Waals surface area (Å²) >= 11 is 10.2. The van der Waals surface area contributed by atoms with Gasteiger partial charge < -0.3 is 5.32 Å². The van der Waals surface area contributed by atoms with Crippen molar-refractivity contribution in [3.05, 3.63) is 18.2 Å². The first-order chi connectivity index (χ1) is 12.0. The van der Waals surface area contributed by atoms with Crippen LogP contribution in [0.4, 0.5) is 5.69 Å². The van der Waals surface area contributed by atoms with E-state index in [2.05, 4.69) is 16.4 Å². The molecule has 1 heterocycles. The summed E-state index contributed by atoms with van der Waals surface area (Å²) in [6.07, 6.45) is 8.39. The number of rotatable bonds is 3. The van der Waals surface area contributed by atoms with Crippen LogP contribution in [0.25, 0.3) is 10.2 Å². The summed E-state index contributed by atoms with van der Waals surface area (Å²) in [7, 11) is 0. The van der Waals surface area contributed by atoms with E-state index in [0.717, 1.165) is 52.3 Å². The van der Waals surface area contributed by atoms with E-state index in [1.54, 1.807) is 23.1 Å². The number of amides is 1. The SMILES string of the molecule is CSc1nc2ccc(NC(=O)C34CC5CC(CC(Cl)(C5)C3)C4)cc2s1. The average molecular weight is 393 g/mol. The van der Waals surface area contributed by atoms with Gasteiger partial charge in [0.1, 0.15) is 0 Å². The maximum Gasteiger partial charge on any atom is 0.230 e. The Labute approximate surface area is 160 Å². The van der Waals surface area contributed by atoms with Crippen LogP contribution in [0.2, 0.25) is 0 Å². The minimum absolute atomic E-state index is 0.129. The number of thiazole rings is 1. The predicted molar refractivity (Wildman–Crippen MR) is 106 cm³/mol. The fraction of sp³-hybridized carbons (Fsp3) is 0.579. The van der Waals surface area contributed by atoms with E-state index in [9.17, 15) is 4.79 Å². The van der Waals surface area contributed by atoms with E-state index >= 15 is 0 Å². The lowest BCUT2D eigenvalue weighted by atomic mass is 9.49. The fourth-order valence-corrected chi connectivity index (χ4v) is 7.97. The first-order valence-electron chi connectivity index (χ1n) is 8.92. The second-order valence-electron chi connectivity index (χ2n) is 8.21. The average Bonchev–Trinajstić information content (AvgIpc) is 2.95. The Hall–Kier alpha value is -0.780. The molecule has 2 aromatic rings. The van der Waals surface area contributed by atoms with Crippen LogP contribution in [0.15, 0.2) is 22.5 Å². The smallest absolute Gasteiger partial charge is 0.230 e. The molecule has 1 aromatic carbocycles. The molecule has 2 atom stereocenters. The van der Waals surface area contributed by atoms with Gasteiger partial charge >= 0.3 is 0 Å². The number of benzene rings is 1. The zero-order valence-electron chi connectivity index (χ0n) is 14.2. The minimum atomic E-state index is -0.251. The van der Waals surface area contributed by atoms with Crippen molar-refractivity contribution in [1.82, 2.24) is 4.98 Å². The monoisotopic (exact) mass is 392 g/mol. The van der Waals surface area contributed by atoms with Crippen molar-refractivity contribution in [2.45, 2.75) is 47.7 Å². The lowest BCUT2D eigenvalue weighted by molar-refractivity contribution is -0.138. The lowest BCUT2D eigenvalue weighted by Gasteiger charge is -2.59. The van der Waals surface area contributed by atoms with Crippen molar-refractivity contribution in [3.8, 4) is 0 Å². The molecule has 0 radical (unpaired) electrons. The minimum Gasteiger partial charge on any atom is -0.326 e. The van der Waals surface area contributed by atoms with Gasteiger partial charge in [0.05, 0.1) is 15.6 Å². The Balaban J connectivity index is 1.41. The predicted octanol–water partition coefficient (Wildman–Crippen LogP) is 5.53. The van der Waals surface area contributed by atoms with Gasteiger partial charge in [0, 0.05) is 10.6 Å². The number of nitrogens with one attached hydrogen (secondary N) is 1. The Kier molecular flexibility index (Phi) is 3.68. The molecule has 25 heavy (non-hydrogen) atoms. The third kappa shape index (κ3) is 2.70. The number of anilines is 1. The van der Waals surface area contributed by atoms with Gasteiger partial charge in [-0.05, 0) is 74.8 Å². The molecule has 1 amide bonds. The van der Waals surface area contributed by atoms with E-state index in [4.69, 9.17) is 11.6 Å². The molecule has 0 saturated heterocycles. The van der Waals surface area contributed by atoms with Crippen LogP contribution in [0.1, 0.15) is 38.5 Å². The number of halogens is 1. The zero-order chi connectivity index (χ0) is 17.2. The summed E-state index contributed by atoms with van der Waals surface area (Å²) in [5.41, 5.74) is 1.63. The standard InChI is InChI=1S/C19H21ClN2OS2/c1-24-17-22-14-3-2-13(5-15(14)25-17)21-16(23)18-6-11-4-12(7-18)9-19(20,8-11)10-18/h2-3,5,11-12H,4,6-10H2,1H3,(H,21,23). The second-order valence-corrected chi connectivity index (χ2v) is 11.1. The number of hydrogen-bond acceptors (Lipinski definition) is 4. The molecule has 4 aliphatic rings. The number of thioether (sulfide) groups is 1. The fourth-order valence-electron chi connectivity index (χ4n) is 5.75. The number of aromatic nitrogens is 1. The summed E-state index contributed by atoms with van der Waals surface area (Å²) in [5.74, 6) is 1.45. The molecule has 4 saturated carbocycles. The van der Waals surface area contributed by atoms with Crippen LogP contribution < -0.4 is 5.32 Å². The van der Waals surface area contributed by atoms with E-state index in [1.165, 1.54) is 6.42 Å². The van der Waals surface area contributed by atoms with Crippen molar-refractivity contribution >= 4 is 56.5 Å². The molecule has 0 aliphatic heterocycles. The van der Waals surface area contributed by atoms with Crippen LogP contribution >= 0.6 is 34.7 Å². The van der Waals surface area contributed by atoms with E-state index in [-0.39, 0.29) is 16.2 Å². The highest BCUT2D eigenvalue weighted by molar-refractivity contribution is 8.00. The van der Waals surface area contributed by atoms with Gasteiger partial charge in [-0.2, -0.15) is 0 Å². The maximum atomic E-state index is 13.2. The number of carbonyl (C=O) groups excluding carboxylic acids is 1. The topological polar surface area (TPSA) is 42.0 Å². The Bertz CT molecular complexity index is 850. The third-order valence-corrected chi connectivity index (χ3v) is 8.72. The molecule has 1 aromatic heterocycles. The normalized spacial score (nSPS) is 36.1. The van der Waals surface area contributed by atoms with Gasteiger partial charge in [-0.15, -0.1) is 22.9 Å². The number of hydrogen-bond donors (Lipinski definition) is 1. The van der Waals surface area contributed by atoms with Crippen molar-refractivity contribution in [2.75, 3.05) is 11.6 Å². The summed E-state index contributed by atoms with van der Waals surface area (Å²) < 4.78 is 2.19. The Morgan fingerprint density at radius 2 is 2.08 bits per heavy atom. The summed E-state index contributed by atoms with van der Waals surface area (Å²) in [4.78, 5) is 17.7. The maximum absolute atomic E-state index is 13.2. The van der Waals surface area contributed by atoms with Gasteiger partial charge in [0.2, 0.25) is 5.91 Å². The molecule has 2 unspecified atom stereocenters. The Morgan fingerprint density at radius 1 is 1.32 bits per heavy atom. The van der Waals surface area contributed by atoms with Gasteiger partial charge in [0.15, 0.2) is 4.34 Å². The van der Waals surface area contributed by atoms with Gasteiger partial charge in [-0.3, -0.25) is 4.79 Å². The molecule has 1 N–H and O–H groups in total. The summed E-state index contributed by atoms with van der Waals surface area (Å²) in [6, 6.07) is 6.03. The third-order valence-electron chi connectivity index (χ3n) is 6.27. The molecule has 4 bridgehead atoms. The highest BCUT2D eigenvalue weighted by Gasteiger charge is 2.60. The van der Waals surface area contributed by atoms with Crippen LogP contribution in [-0.2, 0) is 4.79 Å². The van der Waals surface area contributed by atoms with Crippen molar-refractivity contribution < 1.29 is 4.79 Å². The second kappa shape index (κ2) is 5.61. The quantitative estimate of drug-likeness (QED) is 0.551. The largest absolute Gasteiger partial charge is 0.326 e. The van der Waals surface area contributed by atoms with E-state index < -0.39 is 0 Å². The van der Waals surface area contributed by atoms with E-state index in [0.29, 0.717) is 11.8 Å². The van der Waals surface area contributed by atoms with Gasteiger partial charge in [-0.1, -0.05) is 11.8 Å². The van der Waals surface area contributed by atoms with Crippen molar-refractivity contribution in [1.29, 1.82) is 0 Å². The van der Waals surface area contributed by atoms with Crippen molar-refractivity contribution in [2.24, 2.45) is 17.3 Å². The highest BCUT2D eigenvalue weighted by Crippen LogP contribution is 2.64. The van der Waals surface area contributed by atoms with Crippen LogP contribution in [-0.4, -0.2) is 22.0 Å². The van der Waals surface area contributed by atoms with Gasteiger partial charge in [-0.25, -0.2) is 4.98 Å². The molecule has 0 spiro atoms.